The van der Waals surface area contributed by atoms with Crippen LogP contribution in [0, 0.1) is 10.1 Å². The molecule has 0 unspecified atom stereocenters. The summed E-state index contributed by atoms with van der Waals surface area (Å²) in [6.45, 7) is 3.10. The molecule has 0 aliphatic rings. The van der Waals surface area contributed by atoms with Crippen LogP contribution in [-0.4, -0.2) is 47.1 Å². The van der Waals surface area contributed by atoms with Gasteiger partial charge in [0.15, 0.2) is 12.4 Å². The molecule has 12 heteroatoms. The maximum absolute atomic E-state index is 13.0. The highest BCUT2D eigenvalue weighted by molar-refractivity contribution is 9.10. The Labute approximate surface area is 202 Å². The fourth-order valence-electron chi connectivity index (χ4n) is 3.12. The summed E-state index contributed by atoms with van der Waals surface area (Å²) < 4.78 is 17.2. The lowest BCUT2D eigenvalue weighted by atomic mass is 10.2. The number of nitrogens with zero attached hydrogens (tertiary/aromatic N) is 4. The van der Waals surface area contributed by atoms with Crippen molar-refractivity contribution >= 4 is 44.7 Å². The first kappa shape index (κ1) is 24.8. The zero-order valence-electron chi connectivity index (χ0n) is 18.6. The van der Waals surface area contributed by atoms with Crippen LogP contribution < -0.4 is 15.0 Å². The van der Waals surface area contributed by atoms with Crippen molar-refractivity contribution in [2.45, 2.75) is 20.3 Å². The Morgan fingerprint density at radius 3 is 2.71 bits per heavy atom. The molecule has 0 radical (unpaired) electrons. The molecule has 1 heterocycles. The van der Waals surface area contributed by atoms with Gasteiger partial charge < -0.3 is 14.2 Å². The summed E-state index contributed by atoms with van der Waals surface area (Å²) in [5, 5.41) is 16.3. The van der Waals surface area contributed by atoms with Crippen LogP contribution in [0.1, 0.15) is 25.2 Å². The summed E-state index contributed by atoms with van der Waals surface area (Å²) in [6, 6.07) is 7.82. The molecule has 0 N–H and O–H groups in total. The third kappa shape index (κ3) is 5.39. The molecule has 178 valence electrons. The Balaban J connectivity index is 2.05. The molecular formula is C22H21BrN4O7. The Kier molecular flexibility index (Phi) is 7.95. The van der Waals surface area contributed by atoms with E-state index < -0.39 is 23.2 Å². The Bertz CT molecular complexity index is 1340. The molecule has 0 spiro atoms. The number of halogens is 1. The molecule has 0 fully saturated rings. The quantitative estimate of drug-likeness (QED) is 0.177. The number of aromatic nitrogens is 2. The van der Waals surface area contributed by atoms with Gasteiger partial charge in [-0.25, -0.2) is 9.78 Å². The summed E-state index contributed by atoms with van der Waals surface area (Å²) in [6.07, 6.45) is 1.72. The van der Waals surface area contributed by atoms with E-state index in [0.29, 0.717) is 23.1 Å². The van der Waals surface area contributed by atoms with Gasteiger partial charge in [-0.05, 0) is 31.2 Å². The molecule has 11 nitrogen and oxygen atoms in total. The van der Waals surface area contributed by atoms with Gasteiger partial charge in [0.2, 0.25) is 5.75 Å². The van der Waals surface area contributed by atoms with Crippen molar-refractivity contribution in [3.8, 4) is 11.5 Å². The SMILES string of the molecule is CCOC(=O)COc1c(OC)cc(C=Nn2c(CC)nc3ccc(Br)cc3c2=O)cc1[N+](=O)[O-]. The highest BCUT2D eigenvalue weighted by Crippen LogP contribution is 2.38. The predicted octanol–water partition coefficient (Wildman–Crippen LogP) is 3.46. The molecule has 1 aromatic heterocycles. The molecule has 34 heavy (non-hydrogen) atoms. The second kappa shape index (κ2) is 10.9. The van der Waals surface area contributed by atoms with Crippen molar-refractivity contribution in [2.24, 2.45) is 5.10 Å². The maximum Gasteiger partial charge on any atom is 0.344 e. The van der Waals surface area contributed by atoms with Crippen LogP contribution in [0.2, 0.25) is 0 Å². The molecule has 0 bridgehead atoms. The predicted molar refractivity (Wildman–Crippen MR) is 128 cm³/mol. The van der Waals surface area contributed by atoms with Crippen molar-refractivity contribution in [3.63, 3.8) is 0 Å². The minimum atomic E-state index is -0.675. The lowest BCUT2D eigenvalue weighted by Crippen LogP contribution is -2.22. The number of carbonyl (C=O) groups is 1. The van der Waals surface area contributed by atoms with Gasteiger partial charge in [-0.1, -0.05) is 22.9 Å². The minimum absolute atomic E-state index is 0.0172. The van der Waals surface area contributed by atoms with Crippen LogP contribution in [0.25, 0.3) is 10.9 Å². The fourth-order valence-corrected chi connectivity index (χ4v) is 3.48. The highest BCUT2D eigenvalue weighted by atomic mass is 79.9. The third-order valence-electron chi connectivity index (χ3n) is 4.63. The van der Waals surface area contributed by atoms with Crippen LogP contribution in [0.15, 0.2) is 44.7 Å². The van der Waals surface area contributed by atoms with Crippen LogP contribution in [0.4, 0.5) is 5.69 Å². The van der Waals surface area contributed by atoms with Crippen LogP contribution >= 0.6 is 15.9 Å². The lowest BCUT2D eigenvalue weighted by Gasteiger charge is -2.11. The minimum Gasteiger partial charge on any atom is -0.493 e. The maximum atomic E-state index is 13.0. The van der Waals surface area contributed by atoms with Crippen LogP contribution in [0.5, 0.6) is 11.5 Å². The molecule has 0 amide bonds. The number of carbonyl (C=O) groups excluding carboxylic acids is 1. The second-order valence-electron chi connectivity index (χ2n) is 6.83. The number of aryl methyl sites for hydroxylation is 1. The highest BCUT2D eigenvalue weighted by Gasteiger charge is 2.23. The Hall–Kier alpha value is -3.80. The molecule has 2 aromatic carbocycles. The fraction of sp³-hybridized carbons (Fsp3) is 0.273. The van der Waals surface area contributed by atoms with E-state index in [1.165, 1.54) is 25.5 Å². The molecule has 0 saturated carbocycles. The number of hydrogen-bond donors (Lipinski definition) is 0. The van der Waals surface area contributed by atoms with Crippen molar-refractivity contribution in [2.75, 3.05) is 20.3 Å². The van der Waals surface area contributed by atoms with Gasteiger partial charge in [0, 0.05) is 22.5 Å². The normalized spacial score (nSPS) is 11.1. The zero-order valence-corrected chi connectivity index (χ0v) is 20.2. The van der Waals surface area contributed by atoms with E-state index in [2.05, 4.69) is 26.0 Å². The average molecular weight is 533 g/mol. The van der Waals surface area contributed by atoms with E-state index in [9.17, 15) is 19.7 Å². The van der Waals surface area contributed by atoms with E-state index in [-0.39, 0.29) is 29.2 Å². The van der Waals surface area contributed by atoms with E-state index in [1.807, 2.05) is 6.92 Å². The number of nitro benzene ring substituents is 1. The van der Waals surface area contributed by atoms with Gasteiger partial charge in [0.1, 0.15) is 5.82 Å². The van der Waals surface area contributed by atoms with Gasteiger partial charge in [-0.15, -0.1) is 0 Å². The first-order valence-corrected chi connectivity index (χ1v) is 11.0. The first-order valence-electron chi connectivity index (χ1n) is 10.2. The summed E-state index contributed by atoms with van der Waals surface area (Å²) in [5.74, 6) is -0.455. The summed E-state index contributed by atoms with van der Waals surface area (Å²) in [4.78, 5) is 40.1. The molecule has 0 aliphatic heterocycles. The van der Waals surface area contributed by atoms with Crippen LogP contribution in [-0.2, 0) is 16.0 Å². The van der Waals surface area contributed by atoms with Crippen molar-refractivity contribution in [1.29, 1.82) is 0 Å². The molecule has 0 atom stereocenters. The zero-order chi connectivity index (χ0) is 24.8. The van der Waals surface area contributed by atoms with E-state index in [4.69, 9.17) is 14.2 Å². The smallest absolute Gasteiger partial charge is 0.344 e. The summed E-state index contributed by atoms with van der Waals surface area (Å²) in [5.41, 5.74) is -0.00350. The van der Waals surface area contributed by atoms with E-state index in [1.54, 1.807) is 25.1 Å². The molecular weight excluding hydrogens is 512 g/mol. The molecule has 3 rings (SSSR count). The number of methoxy groups -OCH3 is 1. The number of nitro groups is 1. The van der Waals surface area contributed by atoms with Crippen LogP contribution in [0.3, 0.4) is 0 Å². The van der Waals surface area contributed by atoms with Gasteiger partial charge in [-0.2, -0.15) is 9.78 Å². The number of benzene rings is 2. The number of hydrogen-bond acceptors (Lipinski definition) is 9. The molecule has 3 aromatic rings. The summed E-state index contributed by atoms with van der Waals surface area (Å²) >= 11 is 3.34. The van der Waals surface area contributed by atoms with Gasteiger partial charge in [0.05, 0.1) is 35.8 Å². The van der Waals surface area contributed by atoms with Gasteiger partial charge >= 0.3 is 11.7 Å². The standard InChI is InChI=1S/C22H21BrN4O7/c1-4-19-25-16-7-6-14(23)10-15(16)22(29)26(19)24-11-13-8-17(27(30)31)21(18(9-13)32-3)34-12-20(28)33-5-2/h6-11H,4-5,12H2,1-3H3. The monoisotopic (exact) mass is 532 g/mol. The van der Waals surface area contributed by atoms with E-state index >= 15 is 0 Å². The largest absolute Gasteiger partial charge is 0.493 e. The van der Waals surface area contributed by atoms with Gasteiger partial charge in [0.25, 0.3) is 5.56 Å². The summed E-state index contributed by atoms with van der Waals surface area (Å²) in [7, 11) is 1.31. The van der Waals surface area contributed by atoms with Crippen molar-refractivity contribution in [1.82, 2.24) is 9.66 Å². The molecule has 0 saturated heterocycles. The number of fused-ring (bicyclic) bond motifs is 1. The Morgan fingerprint density at radius 1 is 1.29 bits per heavy atom. The first-order chi connectivity index (χ1) is 16.3. The lowest BCUT2D eigenvalue weighted by molar-refractivity contribution is -0.385. The average Bonchev–Trinajstić information content (AvgIpc) is 2.82. The van der Waals surface area contributed by atoms with Crippen molar-refractivity contribution in [3.05, 3.63) is 66.7 Å². The van der Waals surface area contributed by atoms with E-state index in [0.717, 1.165) is 9.15 Å². The number of ether oxygens (including phenoxy) is 3. The Morgan fingerprint density at radius 2 is 2.06 bits per heavy atom. The van der Waals surface area contributed by atoms with Gasteiger partial charge in [-0.3, -0.25) is 14.9 Å². The van der Waals surface area contributed by atoms with Crippen molar-refractivity contribution < 1.29 is 23.9 Å². The second-order valence-corrected chi connectivity index (χ2v) is 7.74. The molecule has 0 aliphatic carbocycles. The third-order valence-corrected chi connectivity index (χ3v) is 5.12. The number of rotatable bonds is 9. The topological polar surface area (TPSA) is 135 Å². The number of esters is 1.